The van der Waals surface area contributed by atoms with Gasteiger partial charge in [0.2, 0.25) is 0 Å². The van der Waals surface area contributed by atoms with Gasteiger partial charge in [0.15, 0.2) is 11.3 Å². The molecule has 0 saturated heterocycles. The number of nitrogens with one attached hydrogen (secondary N) is 2. The van der Waals surface area contributed by atoms with Gasteiger partial charge in [0.05, 0.1) is 0 Å². The summed E-state index contributed by atoms with van der Waals surface area (Å²) in [5.74, 6) is 0.660. The van der Waals surface area contributed by atoms with Crippen LogP contribution in [0.4, 0.5) is 0 Å². The van der Waals surface area contributed by atoms with Crippen LogP contribution in [0, 0.1) is 0 Å². The van der Waals surface area contributed by atoms with Crippen molar-refractivity contribution in [1.82, 2.24) is 10.6 Å². The normalized spacial score (nSPS) is 28.9. The molecule has 0 radical (unpaired) electrons. The number of hydrogen-bond donors (Lipinski definition) is 2. The molecule has 0 fully saturated rings. The van der Waals surface area contributed by atoms with E-state index in [0.717, 1.165) is 0 Å². The van der Waals surface area contributed by atoms with Crippen molar-refractivity contribution >= 4 is 22.9 Å². The molecule has 0 bridgehead atoms. The van der Waals surface area contributed by atoms with Gasteiger partial charge in [0, 0.05) is 7.05 Å². The van der Waals surface area contributed by atoms with Crippen molar-refractivity contribution in [1.29, 1.82) is 0 Å². The number of nitrogens with zero attached hydrogens (tertiary/aromatic N) is 2. The minimum atomic E-state index is 0.00690. The highest BCUT2D eigenvalue weighted by molar-refractivity contribution is 6.66. The zero-order chi connectivity index (χ0) is 7.56. The fourth-order valence-electron chi connectivity index (χ4n) is 0.687. The molecule has 4 nitrogen and oxygen atoms in total. The van der Waals surface area contributed by atoms with Gasteiger partial charge in [-0.3, -0.25) is 4.99 Å². The Morgan fingerprint density at radius 1 is 1.70 bits per heavy atom. The smallest absolute Gasteiger partial charge is 0.200 e. The molecular formula is C5H9ClN4. The van der Waals surface area contributed by atoms with Crippen LogP contribution in [-0.4, -0.2) is 24.5 Å². The Labute approximate surface area is 64.4 Å². The van der Waals surface area contributed by atoms with Crippen molar-refractivity contribution in [2.24, 2.45) is 9.98 Å². The topological polar surface area (TPSA) is 48.8 Å². The van der Waals surface area contributed by atoms with Crippen LogP contribution in [0.25, 0.3) is 0 Å². The molecule has 2 N–H and O–H groups in total. The summed E-state index contributed by atoms with van der Waals surface area (Å²) in [6.45, 7) is 1.90. The zero-order valence-corrected chi connectivity index (χ0v) is 6.61. The summed E-state index contributed by atoms with van der Waals surface area (Å²) < 4.78 is 0. The van der Waals surface area contributed by atoms with Gasteiger partial charge in [-0.05, 0) is 18.5 Å². The van der Waals surface area contributed by atoms with Crippen molar-refractivity contribution in [2.45, 2.75) is 13.1 Å². The van der Waals surface area contributed by atoms with Crippen LogP contribution in [0.3, 0.4) is 0 Å². The maximum atomic E-state index is 5.60. The van der Waals surface area contributed by atoms with E-state index in [9.17, 15) is 0 Å². The van der Waals surface area contributed by atoms with Crippen LogP contribution in [0.5, 0.6) is 0 Å². The fourth-order valence-corrected chi connectivity index (χ4v) is 0.923. The molecule has 10 heavy (non-hydrogen) atoms. The van der Waals surface area contributed by atoms with Gasteiger partial charge in [-0.15, -0.1) is 0 Å². The zero-order valence-electron chi connectivity index (χ0n) is 5.85. The van der Waals surface area contributed by atoms with E-state index in [4.69, 9.17) is 11.6 Å². The third-order valence-corrected chi connectivity index (χ3v) is 1.29. The second-order valence-corrected chi connectivity index (χ2v) is 2.30. The molecule has 0 saturated carbocycles. The van der Waals surface area contributed by atoms with Gasteiger partial charge < -0.3 is 10.6 Å². The maximum absolute atomic E-state index is 5.60. The Morgan fingerprint density at radius 3 is 2.90 bits per heavy atom. The van der Waals surface area contributed by atoms with Gasteiger partial charge in [-0.25, -0.2) is 4.99 Å². The highest BCUT2D eigenvalue weighted by Crippen LogP contribution is 1.94. The SMILES string of the molecule is CN=C1NC(Cl)=NC(C)N1. The van der Waals surface area contributed by atoms with Crippen molar-refractivity contribution in [3.8, 4) is 0 Å². The number of rotatable bonds is 0. The minimum absolute atomic E-state index is 0.00690. The Kier molecular flexibility index (Phi) is 2.11. The summed E-state index contributed by atoms with van der Waals surface area (Å²) in [5, 5.41) is 6.10. The largest absolute Gasteiger partial charge is 0.334 e. The van der Waals surface area contributed by atoms with Crippen LogP contribution >= 0.6 is 11.6 Å². The predicted molar refractivity (Wildman–Crippen MR) is 42.4 cm³/mol. The molecule has 5 heteroatoms. The van der Waals surface area contributed by atoms with Crippen LogP contribution < -0.4 is 10.6 Å². The molecule has 1 rings (SSSR count). The van der Waals surface area contributed by atoms with Crippen LogP contribution in [0.15, 0.2) is 9.98 Å². The number of guanidine groups is 1. The van der Waals surface area contributed by atoms with Crippen LogP contribution in [0.1, 0.15) is 6.92 Å². The first-order chi connectivity index (χ1) is 4.72. The average Bonchev–Trinajstić information content (AvgIpc) is 1.85. The van der Waals surface area contributed by atoms with E-state index in [1.807, 2.05) is 6.92 Å². The van der Waals surface area contributed by atoms with Crippen molar-refractivity contribution in [2.75, 3.05) is 7.05 Å². The second kappa shape index (κ2) is 2.88. The second-order valence-electron chi connectivity index (χ2n) is 1.94. The van der Waals surface area contributed by atoms with Crippen molar-refractivity contribution in [3.63, 3.8) is 0 Å². The average molecular weight is 161 g/mol. The molecule has 0 aliphatic carbocycles. The van der Waals surface area contributed by atoms with Crippen LogP contribution in [0.2, 0.25) is 0 Å². The van der Waals surface area contributed by atoms with E-state index >= 15 is 0 Å². The van der Waals surface area contributed by atoms with Crippen molar-refractivity contribution in [3.05, 3.63) is 0 Å². The number of amidine groups is 1. The lowest BCUT2D eigenvalue weighted by Gasteiger charge is -2.19. The summed E-state index contributed by atoms with van der Waals surface area (Å²) in [5.41, 5.74) is 0. The number of hydrogen-bond acceptors (Lipinski definition) is 2. The standard InChI is InChI=1S/C5H9ClN4/c1-3-8-4(6)10-5(7-2)9-3/h3H,1-2H3,(H2,7,8,9,10). The molecular weight excluding hydrogens is 152 g/mol. The first kappa shape index (κ1) is 7.34. The lowest BCUT2D eigenvalue weighted by molar-refractivity contribution is 0.673. The minimum Gasteiger partial charge on any atom is -0.334 e. The van der Waals surface area contributed by atoms with Gasteiger partial charge >= 0.3 is 0 Å². The summed E-state index contributed by atoms with van der Waals surface area (Å²) in [6.07, 6.45) is 0.00690. The molecule has 0 aromatic heterocycles. The third-order valence-electron chi connectivity index (χ3n) is 1.10. The molecule has 0 aromatic carbocycles. The maximum Gasteiger partial charge on any atom is 0.200 e. The Morgan fingerprint density at radius 2 is 2.40 bits per heavy atom. The molecule has 0 spiro atoms. The molecule has 1 aliphatic heterocycles. The van der Waals surface area contributed by atoms with E-state index in [0.29, 0.717) is 11.3 Å². The number of aliphatic imine (C=N–C) groups is 2. The lowest BCUT2D eigenvalue weighted by atomic mass is 10.5. The highest BCUT2D eigenvalue weighted by Gasteiger charge is 2.10. The Balaban J connectivity index is 2.70. The monoisotopic (exact) mass is 160 g/mol. The Hall–Kier alpha value is -0.770. The first-order valence-corrected chi connectivity index (χ1v) is 3.34. The Bertz CT molecular complexity index is 186. The quantitative estimate of drug-likeness (QED) is 0.494. The predicted octanol–water partition coefficient (Wildman–Crippen LogP) is 0.106. The van der Waals surface area contributed by atoms with E-state index < -0.39 is 0 Å². The molecule has 1 unspecified atom stereocenters. The third kappa shape index (κ3) is 1.60. The van der Waals surface area contributed by atoms with E-state index in [-0.39, 0.29) is 6.17 Å². The molecule has 56 valence electrons. The van der Waals surface area contributed by atoms with Gasteiger partial charge in [-0.1, -0.05) is 0 Å². The summed E-state index contributed by atoms with van der Waals surface area (Å²) in [6, 6.07) is 0. The van der Waals surface area contributed by atoms with Gasteiger partial charge in [0.25, 0.3) is 0 Å². The highest BCUT2D eigenvalue weighted by atomic mass is 35.5. The van der Waals surface area contributed by atoms with E-state index in [2.05, 4.69) is 20.6 Å². The van der Waals surface area contributed by atoms with Gasteiger partial charge in [0.1, 0.15) is 6.17 Å². The molecule has 1 heterocycles. The summed E-state index contributed by atoms with van der Waals surface area (Å²) >= 11 is 5.60. The molecule has 0 amide bonds. The number of halogens is 1. The molecule has 1 aliphatic rings. The van der Waals surface area contributed by atoms with E-state index in [1.165, 1.54) is 0 Å². The van der Waals surface area contributed by atoms with Gasteiger partial charge in [-0.2, -0.15) is 0 Å². The van der Waals surface area contributed by atoms with E-state index in [1.54, 1.807) is 7.05 Å². The lowest BCUT2D eigenvalue weighted by Crippen LogP contribution is -2.47. The van der Waals surface area contributed by atoms with Crippen LogP contribution in [-0.2, 0) is 0 Å². The first-order valence-electron chi connectivity index (χ1n) is 2.96. The van der Waals surface area contributed by atoms with Crippen molar-refractivity contribution < 1.29 is 0 Å². The molecule has 1 atom stereocenters. The summed E-state index contributed by atoms with van der Waals surface area (Å²) in [7, 11) is 1.68. The summed E-state index contributed by atoms with van der Waals surface area (Å²) in [4.78, 5) is 7.84. The molecule has 0 aromatic rings. The fraction of sp³-hybridized carbons (Fsp3) is 0.600.